The molecule has 3 heterocycles. The van der Waals surface area contributed by atoms with Gasteiger partial charge in [0.15, 0.2) is 0 Å². The van der Waals surface area contributed by atoms with Crippen LogP contribution in [0.3, 0.4) is 0 Å². The third-order valence-corrected chi connectivity index (χ3v) is 5.11. The first kappa shape index (κ1) is 18.7. The molecule has 7 heteroatoms. The molecule has 4 rings (SSSR count). The fraction of sp³-hybridized carbons (Fsp3) is 0.227. The molecule has 0 radical (unpaired) electrons. The number of benzene rings is 1. The summed E-state index contributed by atoms with van der Waals surface area (Å²) in [5.74, 6) is 0.566. The molecular weight excluding hydrogens is 368 g/mol. The number of urea groups is 1. The number of amides is 3. The van der Waals surface area contributed by atoms with E-state index in [1.165, 1.54) is 0 Å². The van der Waals surface area contributed by atoms with Crippen molar-refractivity contribution in [1.29, 1.82) is 0 Å². The van der Waals surface area contributed by atoms with Crippen LogP contribution in [0.25, 0.3) is 0 Å². The van der Waals surface area contributed by atoms with Crippen LogP contribution in [0.15, 0.2) is 72.6 Å². The minimum Gasteiger partial charge on any atom is -0.497 e. The second kappa shape index (κ2) is 7.79. The molecule has 148 valence electrons. The van der Waals surface area contributed by atoms with Crippen LogP contribution < -0.4 is 10.1 Å². The number of pyridine rings is 1. The normalized spacial score (nSPS) is 18.6. The number of ether oxygens (including phenoxy) is 1. The molecule has 0 unspecified atom stereocenters. The minimum atomic E-state index is -0.533. The fourth-order valence-electron chi connectivity index (χ4n) is 3.76. The zero-order valence-electron chi connectivity index (χ0n) is 16.2. The monoisotopic (exact) mass is 390 g/mol. The van der Waals surface area contributed by atoms with E-state index in [1.807, 2.05) is 42.5 Å². The Labute approximate surface area is 169 Å². The van der Waals surface area contributed by atoms with Crippen molar-refractivity contribution in [2.45, 2.75) is 12.6 Å². The van der Waals surface area contributed by atoms with Gasteiger partial charge in [-0.2, -0.15) is 0 Å². The van der Waals surface area contributed by atoms with Crippen LogP contribution in [0.2, 0.25) is 0 Å². The fourth-order valence-corrected chi connectivity index (χ4v) is 3.76. The van der Waals surface area contributed by atoms with Crippen molar-refractivity contribution in [3.05, 3.63) is 83.8 Å². The van der Waals surface area contributed by atoms with Gasteiger partial charge in [0.05, 0.1) is 43.2 Å². The number of hydrogen-bond acceptors (Lipinski definition) is 4. The van der Waals surface area contributed by atoms with Crippen molar-refractivity contribution in [3.63, 3.8) is 0 Å². The van der Waals surface area contributed by atoms with Crippen molar-refractivity contribution in [1.82, 2.24) is 20.1 Å². The van der Waals surface area contributed by atoms with Gasteiger partial charge in [-0.15, -0.1) is 6.58 Å². The van der Waals surface area contributed by atoms with Gasteiger partial charge in [0.25, 0.3) is 5.91 Å². The van der Waals surface area contributed by atoms with E-state index < -0.39 is 6.04 Å². The van der Waals surface area contributed by atoms with Crippen molar-refractivity contribution in [2.75, 3.05) is 20.2 Å². The van der Waals surface area contributed by atoms with E-state index in [4.69, 9.17) is 4.74 Å². The quantitative estimate of drug-likeness (QED) is 0.770. The summed E-state index contributed by atoms with van der Waals surface area (Å²) in [6.07, 6.45) is 3.36. The Hall–Kier alpha value is -3.61. The van der Waals surface area contributed by atoms with E-state index in [0.717, 1.165) is 11.3 Å². The minimum absolute atomic E-state index is 0.104. The maximum absolute atomic E-state index is 13.3. The Morgan fingerprint density at radius 2 is 2.14 bits per heavy atom. The summed E-state index contributed by atoms with van der Waals surface area (Å²) >= 11 is 0. The number of rotatable bonds is 6. The average molecular weight is 390 g/mol. The smallest absolute Gasteiger partial charge is 0.322 e. The number of nitrogens with one attached hydrogen (secondary N) is 1. The van der Waals surface area contributed by atoms with Crippen LogP contribution >= 0.6 is 0 Å². The van der Waals surface area contributed by atoms with Gasteiger partial charge in [0, 0.05) is 12.7 Å². The molecular formula is C22H22N4O3. The topological polar surface area (TPSA) is 74.8 Å². The van der Waals surface area contributed by atoms with Gasteiger partial charge in [-0.05, 0) is 29.8 Å². The number of methoxy groups -OCH3 is 1. The summed E-state index contributed by atoms with van der Waals surface area (Å²) in [7, 11) is 1.59. The molecule has 1 N–H and O–H groups in total. The van der Waals surface area contributed by atoms with Gasteiger partial charge in [-0.25, -0.2) is 4.79 Å². The van der Waals surface area contributed by atoms with Gasteiger partial charge in [0.1, 0.15) is 5.75 Å². The lowest BCUT2D eigenvalue weighted by Gasteiger charge is -2.33. The maximum Gasteiger partial charge on any atom is 0.322 e. The third kappa shape index (κ3) is 3.47. The Balaban J connectivity index is 1.72. The lowest BCUT2D eigenvalue weighted by atomic mass is 9.95. The Morgan fingerprint density at radius 1 is 1.28 bits per heavy atom. The SMILES string of the molecule is C=CCN1C(=O)N[C@H](c2cccc(OC)c2)C2=C1CN(Cc1ccccn1)C2=O. The van der Waals surface area contributed by atoms with E-state index in [0.29, 0.717) is 36.7 Å². The van der Waals surface area contributed by atoms with Crippen LogP contribution in [0, 0.1) is 0 Å². The van der Waals surface area contributed by atoms with Gasteiger partial charge >= 0.3 is 6.03 Å². The van der Waals surface area contributed by atoms with E-state index >= 15 is 0 Å². The summed E-state index contributed by atoms with van der Waals surface area (Å²) in [6, 6.07) is 12.2. The predicted molar refractivity (Wildman–Crippen MR) is 108 cm³/mol. The summed E-state index contributed by atoms with van der Waals surface area (Å²) in [6.45, 7) is 4.81. The maximum atomic E-state index is 13.3. The highest BCUT2D eigenvalue weighted by atomic mass is 16.5. The molecule has 3 amide bonds. The molecule has 0 saturated carbocycles. The van der Waals surface area contributed by atoms with Gasteiger partial charge in [-0.3, -0.25) is 14.7 Å². The average Bonchev–Trinajstić information content (AvgIpc) is 3.07. The largest absolute Gasteiger partial charge is 0.497 e. The van der Waals surface area contributed by atoms with Crippen LogP contribution in [0.1, 0.15) is 17.3 Å². The molecule has 0 saturated heterocycles. The van der Waals surface area contributed by atoms with E-state index in [1.54, 1.807) is 29.2 Å². The van der Waals surface area contributed by atoms with Gasteiger partial charge < -0.3 is 15.0 Å². The van der Waals surface area contributed by atoms with Crippen molar-refractivity contribution in [2.24, 2.45) is 0 Å². The molecule has 2 aliphatic heterocycles. The Morgan fingerprint density at radius 3 is 2.86 bits per heavy atom. The molecule has 7 nitrogen and oxygen atoms in total. The second-order valence-corrected chi connectivity index (χ2v) is 6.90. The molecule has 1 aromatic heterocycles. The van der Waals surface area contributed by atoms with E-state index in [2.05, 4.69) is 16.9 Å². The predicted octanol–water partition coefficient (Wildman–Crippen LogP) is 2.64. The standard InChI is InChI=1S/C22H22N4O3/c1-3-11-26-18-14-25(13-16-8-4-5-10-23-16)21(27)19(18)20(24-22(26)28)15-7-6-9-17(12-15)29-2/h3-10,12,20H,1,11,13-14H2,2H3,(H,24,28)/t20-/m1/s1. The zero-order chi connectivity index (χ0) is 20.4. The highest BCUT2D eigenvalue weighted by molar-refractivity contribution is 6.01. The van der Waals surface area contributed by atoms with Crippen LogP contribution in [-0.2, 0) is 11.3 Å². The Kier molecular flexibility index (Phi) is 5.03. The first-order chi connectivity index (χ1) is 14.1. The molecule has 1 atom stereocenters. The lowest BCUT2D eigenvalue weighted by molar-refractivity contribution is -0.126. The molecule has 29 heavy (non-hydrogen) atoms. The highest BCUT2D eigenvalue weighted by Gasteiger charge is 2.43. The van der Waals surface area contributed by atoms with Gasteiger partial charge in [0.2, 0.25) is 0 Å². The first-order valence-electron chi connectivity index (χ1n) is 9.37. The molecule has 0 spiro atoms. The van der Waals surface area contributed by atoms with Crippen LogP contribution in [0.4, 0.5) is 4.79 Å². The molecule has 0 fully saturated rings. The number of aromatic nitrogens is 1. The number of hydrogen-bond donors (Lipinski definition) is 1. The van der Waals surface area contributed by atoms with E-state index in [9.17, 15) is 9.59 Å². The molecule has 0 aliphatic carbocycles. The van der Waals surface area contributed by atoms with Gasteiger partial charge in [-0.1, -0.05) is 24.3 Å². The molecule has 1 aromatic carbocycles. The highest BCUT2D eigenvalue weighted by Crippen LogP contribution is 2.37. The van der Waals surface area contributed by atoms with Crippen molar-refractivity contribution < 1.29 is 14.3 Å². The lowest BCUT2D eigenvalue weighted by Crippen LogP contribution is -2.47. The molecule has 2 aromatic rings. The first-order valence-corrected chi connectivity index (χ1v) is 9.37. The van der Waals surface area contributed by atoms with Crippen LogP contribution in [-0.4, -0.2) is 46.9 Å². The number of carbonyl (C=O) groups is 2. The number of nitrogens with zero attached hydrogens (tertiary/aromatic N) is 3. The van der Waals surface area contributed by atoms with Crippen molar-refractivity contribution in [3.8, 4) is 5.75 Å². The molecule has 0 bridgehead atoms. The van der Waals surface area contributed by atoms with Crippen molar-refractivity contribution >= 4 is 11.9 Å². The Bertz CT molecular complexity index is 987. The second-order valence-electron chi connectivity index (χ2n) is 6.90. The summed E-state index contributed by atoms with van der Waals surface area (Å²) < 4.78 is 5.31. The third-order valence-electron chi connectivity index (χ3n) is 5.11. The van der Waals surface area contributed by atoms with Crippen LogP contribution in [0.5, 0.6) is 5.75 Å². The van der Waals surface area contributed by atoms with E-state index in [-0.39, 0.29) is 11.9 Å². The summed E-state index contributed by atoms with van der Waals surface area (Å²) in [5.41, 5.74) is 2.89. The summed E-state index contributed by atoms with van der Waals surface area (Å²) in [5, 5.41) is 2.97. The zero-order valence-corrected chi connectivity index (χ0v) is 16.2. The molecule has 2 aliphatic rings. The number of carbonyl (C=O) groups excluding carboxylic acids is 2. The summed E-state index contributed by atoms with van der Waals surface area (Å²) in [4.78, 5) is 33.8.